The molecule has 0 heterocycles. The van der Waals surface area contributed by atoms with Gasteiger partial charge in [-0.15, -0.1) is 0 Å². The summed E-state index contributed by atoms with van der Waals surface area (Å²) in [7, 11) is 0. The predicted octanol–water partition coefficient (Wildman–Crippen LogP) is 4.56. The van der Waals surface area contributed by atoms with E-state index in [-0.39, 0.29) is 13.0 Å². The number of halogens is 3. The normalized spacial score (nSPS) is 11.2. The minimum absolute atomic E-state index is 0.0806. The van der Waals surface area contributed by atoms with Crippen molar-refractivity contribution in [1.29, 1.82) is 0 Å². The molecule has 0 aliphatic heterocycles. The molecule has 1 N–H and O–H groups in total. The zero-order chi connectivity index (χ0) is 23.9. The number of esters is 2. The smallest absolute Gasteiger partial charge is 0.491 e. The molecule has 0 bridgehead atoms. The summed E-state index contributed by atoms with van der Waals surface area (Å²) in [4.78, 5) is 21.8. The van der Waals surface area contributed by atoms with E-state index in [1.54, 1.807) is 0 Å². The monoisotopic (exact) mass is 467 g/mol. The van der Waals surface area contributed by atoms with Crippen LogP contribution in [0.1, 0.15) is 36.8 Å². The van der Waals surface area contributed by atoms with E-state index in [2.05, 4.69) is 10.1 Å². The maximum absolute atomic E-state index is 12.0. The molecule has 0 atom stereocenters. The molecule has 0 fully saturated rings. The SMILES string of the molecule is O=C(CCNCc1ccc(OCCCCCOCc2ccccc2)cc1)OC(=O)C(F)(F)F. The number of carbonyl (C=O) groups excluding carboxylic acids is 2. The molecule has 2 aromatic rings. The topological polar surface area (TPSA) is 73.9 Å². The molecule has 0 radical (unpaired) electrons. The first-order valence-electron chi connectivity index (χ1n) is 10.7. The summed E-state index contributed by atoms with van der Waals surface area (Å²) in [6.07, 6.45) is -2.62. The number of alkyl halides is 3. The number of ether oxygens (including phenoxy) is 3. The summed E-state index contributed by atoms with van der Waals surface area (Å²) >= 11 is 0. The molecule has 0 unspecified atom stereocenters. The molecule has 0 aliphatic carbocycles. The molecule has 180 valence electrons. The molecule has 0 amide bonds. The van der Waals surface area contributed by atoms with Crippen molar-refractivity contribution >= 4 is 11.9 Å². The second-order valence-electron chi connectivity index (χ2n) is 7.28. The van der Waals surface area contributed by atoms with E-state index in [1.807, 2.05) is 54.6 Å². The van der Waals surface area contributed by atoms with Crippen LogP contribution in [0.15, 0.2) is 54.6 Å². The molecule has 33 heavy (non-hydrogen) atoms. The van der Waals surface area contributed by atoms with Gasteiger partial charge in [0.05, 0.1) is 19.6 Å². The molecule has 0 saturated heterocycles. The fraction of sp³-hybridized carbons (Fsp3) is 0.417. The summed E-state index contributed by atoms with van der Waals surface area (Å²) in [6.45, 7) is 2.43. The molecule has 2 aromatic carbocycles. The first kappa shape index (κ1) is 26.3. The van der Waals surface area contributed by atoms with Crippen molar-refractivity contribution in [2.45, 2.75) is 45.0 Å². The van der Waals surface area contributed by atoms with E-state index in [0.29, 0.717) is 26.4 Å². The Balaban J connectivity index is 1.49. The first-order valence-corrected chi connectivity index (χ1v) is 10.7. The Labute approximate surface area is 191 Å². The highest BCUT2D eigenvalue weighted by atomic mass is 19.4. The number of carbonyl (C=O) groups is 2. The van der Waals surface area contributed by atoms with Crippen molar-refractivity contribution < 1.29 is 37.0 Å². The van der Waals surface area contributed by atoms with Gasteiger partial charge in [0.2, 0.25) is 0 Å². The van der Waals surface area contributed by atoms with Crippen LogP contribution in [0.25, 0.3) is 0 Å². The average Bonchev–Trinajstić information content (AvgIpc) is 2.79. The van der Waals surface area contributed by atoms with Gasteiger partial charge in [-0.05, 0) is 42.5 Å². The van der Waals surface area contributed by atoms with Gasteiger partial charge in [0.25, 0.3) is 0 Å². The molecular weight excluding hydrogens is 439 g/mol. The van der Waals surface area contributed by atoms with E-state index >= 15 is 0 Å². The van der Waals surface area contributed by atoms with Crippen LogP contribution < -0.4 is 10.1 Å². The molecule has 2 rings (SSSR count). The molecule has 0 spiro atoms. The van der Waals surface area contributed by atoms with E-state index in [9.17, 15) is 22.8 Å². The lowest BCUT2D eigenvalue weighted by Gasteiger charge is -2.09. The lowest BCUT2D eigenvalue weighted by Crippen LogP contribution is -2.29. The fourth-order valence-corrected chi connectivity index (χ4v) is 2.78. The molecule has 6 nitrogen and oxygen atoms in total. The van der Waals surface area contributed by atoms with E-state index in [1.165, 1.54) is 5.56 Å². The minimum Gasteiger partial charge on any atom is -0.494 e. The van der Waals surface area contributed by atoms with Crippen LogP contribution in [-0.2, 0) is 32.2 Å². The van der Waals surface area contributed by atoms with Crippen LogP contribution in [0.5, 0.6) is 5.75 Å². The largest absolute Gasteiger partial charge is 0.494 e. The fourth-order valence-electron chi connectivity index (χ4n) is 2.78. The van der Waals surface area contributed by atoms with Gasteiger partial charge in [-0.3, -0.25) is 4.79 Å². The second kappa shape index (κ2) is 14.3. The zero-order valence-electron chi connectivity index (χ0n) is 18.2. The third-order valence-corrected chi connectivity index (χ3v) is 4.51. The number of unbranched alkanes of at least 4 members (excludes halogenated alkanes) is 2. The van der Waals surface area contributed by atoms with Gasteiger partial charge in [0.15, 0.2) is 0 Å². The lowest BCUT2D eigenvalue weighted by atomic mass is 10.2. The number of hydrogen-bond acceptors (Lipinski definition) is 6. The van der Waals surface area contributed by atoms with Gasteiger partial charge in [0.1, 0.15) is 5.75 Å². The Hall–Kier alpha value is -2.91. The first-order chi connectivity index (χ1) is 15.8. The number of nitrogens with one attached hydrogen (secondary N) is 1. The Morgan fingerprint density at radius 3 is 2.24 bits per heavy atom. The Morgan fingerprint density at radius 2 is 1.55 bits per heavy atom. The van der Waals surface area contributed by atoms with Gasteiger partial charge < -0.3 is 19.5 Å². The molecule has 0 aromatic heterocycles. The van der Waals surface area contributed by atoms with E-state index in [4.69, 9.17) is 9.47 Å². The van der Waals surface area contributed by atoms with E-state index in [0.717, 1.165) is 30.6 Å². The summed E-state index contributed by atoms with van der Waals surface area (Å²) in [5, 5.41) is 2.91. The standard InChI is InChI=1S/C24H28F3NO5/c25-24(26,27)23(30)33-22(29)13-14-28-17-19-9-11-21(12-10-19)32-16-6-2-5-15-31-18-20-7-3-1-4-8-20/h1,3-4,7-12,28H,2,5-6,13-18H2. The summed E-state index contributed by atoms with van der Waals surface area (Å²) in [5.74, 6) is -2.98. The lowest BCUT2D eigenvalue weighted by molar-refractivity contribution is -0.201. The van der Waals surface area contributed by atoms with Gasteiger partial charge in [-0.25, -0.2) is 4.79 Å². The van der Waals surface area contributed by atoms with Crippen LogP contribution in [0.4, 0.5) is 13.2 Å². The summed E-state index contributed by atoms with van der Waals surface area (Å²) < 4.78 is 51.1. The number of hydrogen-bond donors (Lipinski definition) is 1. The van der Waals surface area contributed by atoms with Crippen LogP contribution in [0.3, 0.4) is 0 Å². The van der Waals surface area contributed by atoms with Crippen LogP contribution in [0, 0.1) is 0 Å². The minimum atomic E-state index is -5.18. The molecule has 0 saturated carbocycles. The second-order valence-corrected chi connectivity index (χ2v) is 7.28. The highest BCUT2D eigenvalue weighted by Crippen LogP contribution is 2.17. The predicted molar refractivity (Wildman–Crippen MR) is 115 cm³/mol. The average molecular weight is 467 g/mol. The van der Waals surface area contributed by atoms with Crippen molar-refractivity contribution in [2.75, 3.05) is 19.8 Å². The maximum atomic E-state index is 12.0. The maximum Gasteiger partial charge on any atom is 0.491 e. The molecule has 0 aliphatic rings. The van der Waals surface area contributed by atoms with Crippen LogP contribution in [-0.4, -0.2) is 37.9 Å². The molecular formula is C24H28F3NO5. The zero-order valence-corrected chi connectivity index (χ0v) is 18.2. The van der Waals surface area contributed by atoms with E-state index < -0.39 is 18.1 Å². The third-order valence-electron chi connectivity index (χ3n) is 4.51. The van der Waals surface area contributed by atoms with Gasteiger partial charge in [-0.1, -0.05) is 42.5 Å². The van der Waals surface area contributed by atoms with Crippen LogP contribution in [0.2, 0.25) is 0 Å². The van der Waals surface area contributed by atoms with Crippen molar-refractivity contribution in [2.24, 2.45) is 0 Å². The Morgan fingerprint density at radius 1 is 0.848 bits per heavy atom. The van der Waals surface area contributed by atoms with Gasteiger partial charge in [0, 0.05) is 19.7 Å². The summed E-state index contributed by atoms with van der Waals surface area (Å²) in [5.41, 5.74) is 2.08. The van der Waals surface area contributed by atoms with Gasteiger partial charge >= 0.3 is 18.1 Å². The quantitative estimate of drug-likeness (QED) is 0.249. The summed E-state index contributed by atoms with van der Waals surface area (Å²) in [6, 6.07) is 17.4. The number of benzene rings is 2. The van der Waals surface area contributed by atoms with Crippen LogP contribution >= 0.6 is 0 Å². The van der Waals surface area contributed by atoms with Gasteiger partial charge in [-0.2, -0.15) is 13.2 Å². The number of rotatable bonds is 14. The van der Waals surface area contributed by atoms with Crippen molar-refractivity contribution in [3.05, 3.63) is 65.7 Å². The Kier molecular flexibility index (Phi) is 11.4. The molecule has 9 heteroatoms. The third kappa shape index (κ3) is 11.5. The van der Waals surface area contributed by atoms with Crippen molar-refractivity contribution in [3.8, 4) is 5.75 Å². The van der Waals surface area contributed by atoms with Crippen molar-refractivity contribution in [3.63, 3.8) is 0 Å². The van der Waals surface area contributed by atoms with Crippen molar-refractivity contribution in [1.82, 2.24) is 5.32 Å². The highest BCUT2D eigenvalue weighted by Gasteiger charge is 2.42. The highest BCUT2D eigenvalue weighted by molar-refractivity contribution is 5.88. The Bertz CT molecular complexity index is 841.